The third kappa shape index (κ3) is 3.48. The molecule has 6 rings (SSSR count). The second-order valence-corrected chi connectivity index (χ2v) is 10.2. The number of aromatic nitrogens is 1. The molecule has 3 aliphatic heterocycles. The fraction of sp³-hybridized carbons (Fsp3) is 0.379. The number of nitrogens with zero attached hydrogens (tertiary/aromatic N) is 2. The molecule has 1 saturated heterocycles. The van der Waals surface area contributed by atoms with Crippen molar-refractivity contribution in [2.45, 2.75) is 58.2 Å². The first-order chi connectivity index (χ1) is 17.4. The number of hydrogen-bond donors (Lipinski definition) is 0. The maximum absolute atomic E-state index is 13.1. The lowest BCUT2D eigenvalue weighted by Crippen LogP contribution is -2.50. The van der Waals surface area contributed by atoms with Gasteiger partial charge >= 0.3 is 5.97 Å². The van der Waals surface area contributed by atoms with Crippen molar-refractivity contribution in [1.82, 2.24) is 4.68 Å². The predicted molar refractivity (Wildman–Crippen MR) is 136 cm³/mol. The minimum atomic E-state index is -0.588. The summed E-state index contributed by atoms with van der Waals surface area (Å²) in [4.78, 5) is 25.7. The predicted octanol–water partition coefficient (Wildman–Crippen LogP) is 4.77. The van der Waals surface area contributed by atoms with Crippen LogP contribution >= 0.6 is 0 Å². The van der Waals surface area contributed by atoms with E-state index in [4.69, 9.17) is 14.2 Å². The third-order valence-corrected chi connectivity index (χ3v) is 7.53. The third-order valence-electron chi connectivity index (χ3n) is 7.53. The fourth-order valence-corrected chi connectivity index (χ4v) is 5.90. The molecule has 36 heavy (non-hydrogen) atoms. The second kappa shape index (κ2) is 8.43. The Bertz CT molecular complexity index is 1410. The molecule has 0 saturated carbocycles. The number of pyridine rings is 1. The quantitative estimate of drug-likeness (QED) is 0.484. The Balaban J connectivity index is 1.53. The van der Waals surface area contributed by atoms with E-state index in [0.29, 0.717) is 13.2 Å². The lowest BCUT2D eigenvalue weighted by molar-refractivity contribution is 0.0523. The van der Waals surface area contributed by atoms with Crippen molar-refractivity contribution in [3.8, 4) is 22.8 Å². The summed E-state index contributed by atoms with van der Waals surface area (Å²) in [6, 6.07) is 13.9. The van der Waals surface area contributed by atoms with E-state index in [1.54, 1.807) is 19.2 Å². The van der Waals surface area contributed by atoms with Gasteiger partial charge in [-0.3, -0.25) is 14.5 Å². The van der Waals surface area contributed by atoms with Gasteiger partial charge in [0.25, 0.3) is 0 Å². The van der Waals surface area contributed by atoms with Crippen molar-refractivity contribution in [1.29, 1.82) is 0 Å². The summed E-state index contributed by atoms with van der Waals surface area (Å²) in [7, 11) is 0. The lowest BCUT2D eigenvalue weighted by Gasteiger charge is -2.45. The zero-order chi connectivity index (χ0) is 25.0. The first-order valence-electron chi connectivity index (χ1n) is 12.6. The van der Waals surface area contributed by atoms with Crippen LogP contribution in [0.4, 0.5) is 0 Å². The number of esters is 1. The molecule has 4 heterocycles. The largest absolute Gasteiger partial charge is 0.489 e. The average molecular weight is 487 g/mol. The molecule has 1 aromatic heterocycles. The fourth-order valence-electron chi connectivity index (χ4n) is 5.90. The van der Waals surface area contributed by atoms with Crippen LogP contribution < -0.4 is 19.9 Å². The molecule has 7 nitrogen and oxygen atoms in total. The van der Waals surface area contributed by atoms with Gasteiger partial charge in [0, 0.05) is 29.8 Å². The molecule has 0 aliphatic carbocycles. The van der Waals surface area contributed by atoms with Gasteiger partial charge in [-0.15, -0.1) is 0 Å². The van der Waals surface area contributed by atoms with Gasteiger partial charge in [0.1, 0.15) is 12.2 Å². The van der Waals surface area contributed by atoms with Gasteiger partial charge in [0.05, 0.1) is 30.5 Å². The van der Waals surface area contributed by atoms with Gasteiger partial charge < -0.3 is 14.2 Å². The smallest absolute Gasteiger partial charge is 0.343 e. The van der Waals surface area contributed by atoms with Crippen molar-refractivity contribution in [2.75, 3.05) is 18.2 Å². The molecule has 3 aliphatic rings. The van der Waals surface area contributed by atoms with Gasteiger partial charge in [-0.05, 0) is 50.8 Å². The van der Waals surface area contributed by atoms with Crippen LogP contribution in [0, 0.1) is 0 Å². The van der Waals surface area contributed by atoms with E-state index in [0.717, 1.165) is 58.7 Å². The molecule has 2 aromatic carbocycles. The van der Waals surface area contributed by atoms with E-state index in [1.165, 1.54) is 0 Å². The van der Waals surface area contributed by atoms with Crippen molar-refractivity contribution >= 4 is 5.97 Å². The zero-order valence-corrected chi connectivity index (χ0v) is 20.9. The van der Waals surface area contributed by atoms with Crippen molar-refractivity contribution in [2.24, 2.45) is 0 Å². The van der Waals surface area contributed by atoms with Crippen LogP contribution in [0.2, 0.25) is 0 Å². The number of carbonyl (C=O) groups excluding carboxylic acids is 1. The number of benzene rings is 2. The molecule has 0 N–H and O–H groups in total. The SMILES string of the molecule is CCOC(=O)c1cn2c(cc1=O)-c1c(cc(OCc3ccccc3)c3c1CCO3)C1CCC(C)(C)N12. The minimum Gasteiger partial charge on any atom is -0.489 e. The van der Waals surface area contributed by atoms with E-state index in [9.17, 15) is 9.59 Å². The normalized spacial score (nSPS) is 18.5. The highest BCUT2D eigenvalue weighted by molar-refractivity contribution is 5.90. The monoisotopic (exact) mass is 486 g/mol. The maximum atomic E-state index is 13.1. The number of hydrogen-bond acceptors (Lipinski definition) is 6. The number of ether oxygens (including phenoxy) is 3. The lowest BCUT2D eigenvalue weighted by atomic mass is 9.89. The molecule has 0 bridgehead atoms. The minimum absolute atomic E-state index is 0.0567. The highest BCUT2D eigenvalue weighted by Crippen LogP contribution is 2.53. The molecule has 0 radical (unpaired) electrons. The van der Waals surface area contributed by atoms with Crippen molar-refractivity contribution in [3.63, 3.8) is 0 Å². The van der Waals surface area contributed by atoms with Crippen LogP contribution in [0.3, 0.4) is 0 Å². The molecule has 1 atom stereocenters. The number of rotatable bonds is 5. The molecule has 1 unspecified atom stereocenters. The Morgan fingerprint density at radius 3 is 2.78 bits per heavy atom. The van der Waals surface area contributed by atoms with Gasteiger partial charge in [-0.25, -0.2) is 4.79 Å². The van der Waals surface area contributed by atoms with E-state index in [2.05, 4.69) is 24.9 Å². The summed E-state index contributed by atoms with van der Waals surface area (Å²) in [6.45, 7) is 7.38. The first kappa shape index (κ1) is 22.7. The Labute approximate surface area is 210 Å². The molecule has 0 amide bonds. The summed E-state index contributed by atoms with van der Waals surface area (Å²) in [6.07, 6.45) is 4.34. The van der Waals surface area contributed by atoms with Gasteiger partial charge in [-0.1, -0.05) is 30.3 Å². The standard InChI is InChI=1S/C29H30N2O5/c1-4-34-28(33)21-16-30-23(15-24(21)32)26-19-11-13-35-27(19)25(36-17-18-8-6-5-7-9-18)14-20(26)22-10-12-29(2,3)31(22)30/h5-9,14-16,22H,4,10-13,17H2,1-3H3. The molecule has 186 valence electrons. The molecule has 7 heteroatoms. The van der Waals surface area contributed by atoms with E-state index >= 15 is 0 Å². The highest BCUT2D eigenvalue weighted by Gasteiger charge is 2.46. The highest BCUT2D eigenvalue weighted by atomic mass is 16.5. The molecular formula is C29H30N2O5. The van der Waals surface area contributed by atoms with Crippen LogP contribution in [0.5, 0.6) is 11.5 Å². The molecule has 1 fully saturated rings. The molecule has 0 spiro atoms. The second-order valence-electron chi connectivity index (χ2n) is 10.2. The molecular weight excluding hydrogens is 456 g/mol. The van der Waals surface area contributed by atoms with Gasteiger partial charge in [-0.2, -0.15) is 0 Å². The molecule has 3 aromatic rings. The Morgan fingerprint density at radius 2 is 2.00 bits per heavy atom. The number of fused-ring (bicyclic) bond motifs is 8. The van der Waals surface area contributed by atoms with Crippen molar-refractivity contribution in [3.05, 3.63) is 81.1 Å². The van der Waals surface area contributed by atoms with Crippen LogP contribution in [-0.2, 0) is 17.8 Å². The summed E-state index contributed by atoms with van der Waals surface area (Å²) in [5.41, 5.74) is 4.67. The van der Waals surface area contributed by atoms with Crippen LogP contribution in [0.25, 0.3) is 11.3 Å². The number of carbonyl (C=O) groups is 1. The van der Waals surface area contributed by atoms with Gasteiger partial charge in [0.15, 0.2) is 16.9 Å². The van der Waals surface area contributed by atoms with Crippen LogP contribution in [0.15, 0.2) is 53.5 Å². The zero-order valence-electron chi connectivity index (χ0n) is 20.9. The summed E-state index contributed by atoms with van der Waals surface area (Å²) in [5, 5.41) is 2.30. The Kier molecular flexibility index (Phi) is 5.32. The van der Waals surface area contributed by atoms with Crippen LogP contribution in [0.1, 0.15) is 66.7 Å². The first-order valence-corrected chi connectivity index (χ1v) is 12.6. The van der Waals surface area contributed by atoms with Gasteiger partial charge in [0.2, 0.25) is 0 Å². The maximum Gasteiger partial charge on any atom is 0.343 e. The van der Waals surface area contributed by atoms with Crippen LogP contribution in [-0.4, -0.2) is 29.4 Å². The summed E-state index contributed by atoms with van der Waals surface area (Å²) < 4.78 is 19.6. The van der Waals surface area contributed by atoms with Crippen molar-refractivity contribution < 1.29 is 19.0 Å². The topological polar surface area (TPSA) is 70.0 Å². The van der Waals surface area contributed by atoms with E-state index in [-0.39, 0.29) is 29.2 Å². The van der Waals surface area contributed by atoms with E-state index in [1.807, 2.05) is 35.0 Å². The average Bonchev–Trinajstić information content (AvgIpc) is 3.48. The summed E-state index contributed by atoms with van der Waals surface area (Å²) >= 11 is 0. The van der Waals surface area contributed by atoms with E-state index < -0.39 is 5.97 Å². The Hall–Kier alpha value is -3.74. The summed E-state index contributed by atoms with van der Waals surface area (Å²) in [5.74, 6) is 0.910. The Morgan fingerprint density at radius 1 is 1.19 bits per heavy atom.